The second-order valence-electron chi connectivity index (χ2n) is 5.39. The van der Waals surface area contributed by atoms with Crippen LogP contribution in [-0.4, -0.2) is 30.4 Å². The maximum absolute atomic E-state index is 12.1. The molecule has 0 spiro atoms. The highest BCUT2D eigenvalue weighted by Gasteiger charge is 2.31. The smallest absolute Gasteiger partial charge is 0.406 e. The number of alkyl halides is 3. The van der Waals surface area contributed by atoms with Gasteiger partial charge in [-0.3, -0.25) is 4.90 Å². The zero-order chi connectivity index (χ0) is 15.3. The fourth-order valence-corrected chi connectivity index (χ4v) is 2.47. The van der Waals surface area contributed by atoms with Crippen LogP contribution in [-0.2, 0) is 6.54 Å². The third kappa shape index (κ3) is 5.21. The molecule has 0 aliphatic heterocycles. The van der Waals surface area contributed by atoms with Crippen LogP contribution in [0.5, 0.6) is 5.75 Å². The first-order chi connectivity index (χ1) is 9.98. The standard InChI is InChI=1S/C15H21F3N2O/c16-15(17,18)21-14-7-5-12(6-8-14)11-20(10-2-9-19)13-3-1-4-13/h5-8,13H,1-4,9-11,19H2. The minimum Gasteiger partial charge on any atom is -0.406 e. The third-order valence-electron chi connectivity index (χ3n) is 3.78. The van der Waals surface area contributed by atoms with E-state index in [1.54, 1.807) is 12.1 Å². The van der Waals surface area contributed by atoms with Gasteiger partial charge >= 0.3 is 6.36 Å². The number of ether oxygens (including phenoxy) is 1. The van der Waals surface area contributed by atoms with E-state index in [0.29, 0.717) is 12.6 Å². The largest absolute Gasteiger partial charge is 0.573 e. The lowest BCUT2D eigenvalue weighted by Gasteiger charge is -2.37. The third-order valence-corrected chi connectivity index (χ3v) is 3.78. The Morgan fingerprint density at radius 2 is 1.86 bits per heavy atom. The number of halogens is 3. The molecule has 1 aromatic rings. The second-order valence-corrected chi connectivity index (χ2v) is 5.39. The van der Waals surface area contributed by atoms with E-state index in [0.717, 1.165) is 25.1 Å². The van der Waals surface area contributed by atoms with Crippen LogP contribution in [0.25, 0.3) is 0 Å². The summed E-state index contributed by atoms with van der Waals surface area (Å²) in [7, 11) is 0. The summed E-state index contributed by atoms with van der Waals surface area (Å²) in [6.45, 7) is 2.33. The molecule has 2 rings (SSSR count). The molecular weight excluding hydrogens is 281 g/mol. The summed E-state index contributed by atoms with van der Waals surface area (Å²) in [6.07, 6.45) is -0.0613. The number of rotatable bonds is 7. The fraction of sp³-hybridized carbons (Fsp3) is 0.600. The van der Waals surface area contributed by atoms with Crippen molar-refractivity contribution in [3.63, 3.8) is 0 Å². The number of hydrogen-bond donors (Lipinski definition) is 1. The predicted octanol–water partition coefficient (Wildman–Crippen LogP) is 3.29. The van der Waals surface area contributed by atoms with E-state index >= 15 is 0 Å². The molecule has 1 aromatic carbocycles. The Bertz CT molecular complexity index is 430. The first kappa shape index (κ1) is 16.1. The molecule has 2 N–H and O–H groups in total. The van der Waals surface area contributed by atoms with Crippen LogP contribution >= 0.6 is 0 Å². The van der Waals surface area contributed by atoms with Gasteiger partial charge in [-0.15, -0.1) is 13.2 Å². The van der Waals surface area contributed by atoms with Crippen molar-refractivity contribution >= 4 is 0 Å². The summed E-state index contributed by atoms with van der Waals surface area (Å²) in [5.74, 6) is -0.177. The SMILES string of the molecule is NCCCN(Cc1ccc(OC(F)(F)F)cc1)C1CCC1. The number of nitrogens with zero attached hydrogens (tertiary/aromatic N) is 1. The van der Waals surface area contributed by atoms with Crippen molar-refractivity contribution in [2.24, 2.45) is 5.73 Å². The van der Waals surface area contributed by atoms with Crippen LogP contribution < -0.4 is 10.5 Å². The van der Waals surface area contributed by atoms with Crippen molar-refractivity contribution in [3.05, 3.63) is 29.8 Å². The molecule has 1 fully saturated rings. The van der Waals surface area contributed by atoms with Crippen LogP contribution in [0.15, 0.2) is 24.3 Å². The van der Waals surface area contributed by atoms with Gasteiger partial charge in [0.15, 0.2) is 0 Å². The van der Waals surface area contributed by atoms with E-state index in [4.69, 9.17) is 5.73 Å². The summed E-state index contributed by atoms with van der Waals surface area (Å²) >= 11 is 0. The molecule has 0 atom stereocenters. The summed E-state index contributed by atoms with van der Waals surface area (Å²) in [4.78, 5) is 2.37. The molecule has 1 aliphatic rings. The van der Waals surface area contributed by atoms with E-state index < -0.39 is 6.36 Å². The summed E-state index contributed by atoms with van der Waals surface area (Å²) < 4.78 is 40.2. The highest BCUT2D eigenvalue weighted by atomic mass is 19.4. The monoisotopic (exact) mass is 302 g/mol. The molecule has 118 valence electrons. The number of benzene rings is 1. The van der Waals surface area contributed by atoms with Gasteiger partial charge in [-0.05, 0) is 50.0 Å². The maximum Gasteiger partial charge on any atom is 0.573 e. The lowest BCUT2D eigenvalue weighted by Crippen LogP contribution is -2.40. The molecule has 0 aromatic heterocycles. The molecule has 0 amide bonds. The molecule has 21 heavy (non-hydrogen) atoms. The van der Waals surface area contributed by atoms with Crippen molar-refractivity contribution in [3.8, 4) is 5.75 Å². The Morgan fingerprint density at radius 3 is 2.33 bits per heavy atom. The minimum atomic E-state index is -4.64. The van der Waals surface area contributed by atoms with E-state index in [1.165, 1.54) is 31.4 Å². The fourth-order valence-electron chi connectivity index (χ4n) is 2.47. The van der Waals surface area contributed by atoms with Gasteiger partial charge in [0.25, 0.3) is 0 Å². The average Bonchev–Trinajstić information content (AvgIpc) is 2.34. The van der Waals surface area contributed by atoms with Gasteiger partial charge in [0.1, 0.15) is 5.75 Å². The van der Waals surface area contributed by atoms with Gasteiger partial charge in [-0.1, -0.05) is 18.6 Å². The predicted molar refractivity (Wildman–Crippen MR) is 74.8 cm³/mol. The van der Waals surface area contributed by atoms with E-state index in [9.17, 15) is 13.2 Å². The van der Waals surface area contributed by atoms with Gasteiger partial charge in [0, 0.05) is 12.6 Å². The van der Waals surface area contributed by atoms with Gasteiger partial charge in [0.2, 0.25) is 0 Å². The Balaban J connectivity index is 1.93. The first-order valence-electron chi connectivity index (χ1n) is 7.27. The molecule has 6 heteroatoms. The van der Waals surface area contributed by atoms with E-state index in [1.807, 2.05) is 0 Å². The van der Waals surface area contributed by atoms with Crippen LogP contribution in [0.3, 0.4) is 0 Å². The topological polar surface area (TPSA) is 38.5 Å². The Hall–Kier alpha value is -1.27. The normalized spacial score (nSPS) is 16.0. The Labute approximate surface area is 122 Å². The molecule has 0 saturated heterocycles. The molecule has 1 saturated carbocycles. The quantitative estimate of drug-likeness (QED) is 0.840. The molecule has 3 nitrogen and oxygen atoms in total. The zero-order valence-corrected chi connectivity index (χ0v) is 11.9. The highest BCUT2D eigenvalue weighted by molar-refractivity contribution is 5.27. The Kier molecular flexibility index (Phi) is 5.47. The van der Waals surface area contributed by atoms with Crippen LogP contribution in [0.1, 0.15) is 31.2 Å². The number of nitrogens with two attached hydrogens (primary N) is 1. The van der Waals surface area contributed by atoms with E-state index in [-0.39, 0.29) is 5.75 Å². The second kappa shape index (κ2) is 7.13. The molecule has 0 bridgehead atoms. The zero-order valence-electron chi connectivity index (χ0n) is 11.9. The first-order valence-corrected chi connectivity index (χ1v) is 7.27. The molecule has 0 heterocycles. The molecule has 0 unspecified atom stereocenters. The minimum absolute atomic E-state index is 0.177. The summed E-state index contributed by atoms with van der Waals surface area (Å²) in [6, 6.07) is 6.70. The van der Waals surface area contributed by atoms with Crippen molar-refractivity contribution < 1.29 is 17.9 Å². The van der Waals surface area contributed by atoms with Gasteiger partial charge < -0.3 is 10.5 Å². The van der Waals surface area contributed by atoms with E-state index in [2.05, 4.69) is 9.64 Å². The van der Waals surface area contributed by atoms with Gasteiger partial charge in [-0.25, -0.2) is 0 Å². The van der Waals surface area contributed by atoms with Crippen molar-refractivity contribution in [1.82, 2.24) is 4.90 Å². The number of hydrogen-bond acceptors (Lipinski definition) is 3. The van der Waals surface area contributed by atoms with Crippen molar-refractivity contribution in [2.45, 2.75) is 44.6 Å². The maximum atomic E-state index is 12.1. The lowest BCUT2D eigenvalue weighted by atomic mass is 9.91. The molecule has 1 aliphatic carbocycles. The highest BCUT2D eigenvalue weighted by Crippen LogP contribution is 2.27. The molecular formula is C15H21F3N2O. The lowest BCUT2D eigenvalue weighted by molar-refractivity contribution is -0.274. The average molecular weight is 302 g/mol. The Morgan fingerprint density at radius 1 is 1.19 bits per heavy atom. The summed E-state index contributed by atoms with van der Waals surface area (Å²) in [5.41, 5.74) is 6.55. The van der Waals surface area contributed by atoms with Gasteiger partial charge in [-0.2, -0.15) is 0 Å². The molecule has 0 radical (unpaired) electrons. The van der Waals surface area contributed by atoms with Crippen LogP contribution in [0.4, 0.5) is 13.2 Å². The van der Waals surface area contributed by atoms with Crippen molar-refractivity contribution in [2.75, 3.05) is 13.1 Å². The van der Waals surface area contributed by atoms with Crippen LogP contribution in [0, 0.1) is 0 Å². The van der Waals surface area contributed by atoms with Gasteiger partial charge in [0.05, 0.1) is 0 Å². The summed E-state index contributed by atoms with van der Waals surface area (Å²) in [5, 5.41) is 0. The van der Waals surface area contributed by atoms with Crippen LogP contribution in [0.2, 0.25) is 0 Å². The van der Waals surface area contributed by atoms with Crippen molar-refractivity contribution in [1.29, 1.82) is 0 Å².